The smallest absolute Gasteiger partial charge is 0.0159 e. The van der Waals surface area contributed by atoms with Crippen LogP contribution in [0.4, 0.5) is 0 Å². The van der Waals surface area contributed by atoms with Gasteiger partial charge in [0.2, 0.25) is 0 Å². The predicted molar refractivity (Wildman–Crippen MR) is 236 cm³/mol. The van der Waals surface area contributed by atoms with E-state index in [1.54, 1.807) is 0 Å². The Balaban J connectivity index is 1.15. The van der Waals surface area contributed by atoms with Gasteiger partial charge in [0.05, 0.1) is 0 Å². The van der Waals surface area contributed by atoms with E-state index in [-0.39, 0.29) is 5.41 Å². The van der Waals surface area contributed by atoms with Crippen LogP contribution >= 0.6 is 0 Å². The van der Waals surface area contributed by atoms with Gasteiger partial charge < -0.3 is 0 Å². The summed E-state index contributed by atoms with van der Waals surface area (Å²) in [5.74, 6) is 0. The Morgan fingerprint density at radius 2 is 0.727 bits per heavy atom. The zero-order chi connectivity index (χ0) is 36.7. The fraction of sp³-hybridized carbons (Fsp3) is 0.0545. The summed E-state index contributed by atoms with van der Waals surface area (Å²) in [5.41, 5.74) is 15.4. The maximum absolute atomic E-state index is 2.48. The van der Waals surface area contributed by atoms with Crippen LogP contribution in [0, 0.1) is 0 Å². The van der Waals surface area contributed by atoms with Crippen molar-refractivity contribution in [3.05, 3.63) is 205 Å². The fourth-order valence-corrected chi connectivity index (χ4v) is 9.41. The van der Waals surface area contributed by atoms with Crippen LogP contribution in [0.25, 0.3) is 98.7 Å². The van der Waals surface area contributed by atoms with E-state index in [1.165, 1.54) is 110 Å². The summed E-state index contributed by atoms with van der Waals surface area (Å²) in [6.07, 6.45) is 0. The normalized spacial score (nSPS) is 13.1. The second kappa shape index (κ2) is 12.1. The van der Waals surface area contributed by atoms with E-state index in [4.69, 9.17) is 0 Å². The molecule has 0 spiro atoms. The van der Waals surface area contributed by atoms with Crippen molar-refractivity contribution in [3.8, 4) is 55.6 Å². The van der Waals surface area contributed by atoms with Gasteiger partial charge in [0.15, 0.2) is 0 Å². The number of hydrogen-bond donors (Lipinski definition) is 0. The van der Waals surface area contributed by atoms with Crippen LogP contribution in [-0.2, 0) is 5.41 Å². The molecular formula is C55H38. The minimum absolute atomic E-state index is 0.0798. The molecule has 0 fully saturated rings. The molecule has 1 aliphatic rings. The fourth-order valence-electron chi connectivity index (χ4n) is 9.41. The zero-order valence-electron chi connectivity index (χ0n) is 31.0. The molecular weight excluding hydrogens is 661 g/mol. The van der Waals surface area contributed by atoms with E-state index < -0.39 is 0 Å². The molecule has 10 aromatic carbocycles. The Bertz CT molecular complexity index is 3160. The molecule has 0 unspecified atom stereocenters. The maximum Gasteiger partial charge on any atom is 0.0159 e. The molecule has 0 heterocycles. The molecule has 1 aliphatic carbocycles. The molecule has 0 atom stereocenters. The highest BCUT2D eigenvalue weighted by atomic mass is 14.4. The van der Waals surface area contributed by atoms with Gasteiger partial charge in [0, 0.05) is 5.41 Å². The molecule has 0 radical (unpaired) electrons. The van der Waals surface area contributed by atoms with Crippen molar-refractivity contribution in [2.24, 2.45) is 0 Å². The first-order valence-electron chi connectivity index (χ1n) is 19.3. The van der Waals surface area contributed by atoms with Gasteiger partial charge in [-0.3, -0.25) is 0 Å². The lowest BCUT2D eigenvalue weighted by atomic mass is 9.80. The Labute approximate surface area is 322 Å². The van der Waals surface area contributed by atoms with Crippen molar-refractivity contribution in [2.45, 2.75) is 19.3 Å². The highest BCUT2D eigenvalue weighted by molar-refractivity contribution is 6.22. The first kappa shape index (κ1) is 31.7. The topological polar surface area (TPSA) is 0 Å². The van der Waals surface area contributed by atoms with Crippen LogP contribution in [0.15, 0.2) is 194 Å². The van der Waals surface area contributed by atoms with Gasteiger partial charge in [0.25, 0.3) is 0 Å². The van der Waals surface area contributed by atoms with Gasteiger partial charge in [-0.25, -0.2) is 0 Å². The number of rotatable bonds is 4. The van der Waals surface area contributed by atoms with Gasteiger partial charge in [-0.2, -0.15) is 0 Å². The molecule has 0 aliphatic heterocycles. The third-order valence-corrected chi connectivity index (χ3v) is 12.2. The summed E-state index contributed by atoms with van der Waals surface area (Å²) in [4.78, 5) is 0. The minimum Gasteiger partial charge on any atom is -0.0619 e. The molecule has 0 saturated heterocycles. The second-order valence-electron chi connectivity index (χ2n) is 15.7. The maximum atomic E-state index is 2.48. The molecule has 10 aromatic rings. The SMILES string of the molecule is CC1(C)c2ccccc2-c2ccc(-c3c4ccccc4c(-c4ccc(-c5ccc6ccccc6c5)cc4)c4cc(-c5ccc6ccccc6c5)ccc34)cc21. The minimum atomic E-state index is -0.0798. The van der Waals surface area contributed by atoms with Crippen LogP contribution in [0.1, 0.15) is 25.0 Å². The average molecular weight is 699 g/mol. The van der Waals surface area contributed by atoms with E-state index in [0.717, 1.165) is 0 Å². The van der Waals surface area contributed by atoms with Gasteiger partial charge in [-0.1, -0.05) is 184 Å². The summed E-state index contributed by atoms with van der Waals surface area (Å²) in [6, 6.07) is 72.4. The summed E-state index contributed by atoms with van der Waals surface area (Å²) >= 11 is 0. The van der Waals surface area contributed by atoms with E-state index in [2.05, 4.69) is 208 Å². The van der Waals surface area contributed by atoms with Crippen LogP contribution in [0.5, 0.6) is 0 Å². The van der Waals surface area contributed by atoms with E-state index >= 15 is 0 Å². The summed E-state index contributed by atoms with van der Waals surface area (Å²) in [6.45, 7) is 4.75. The highest BCUT2D eigenvalue weighted by Gasteiger charge is 2.35. The average Bonchev–Trinajstić information content (AvgIpc) is 3.47. The molecule has 0 heteroatoms. The third kappa shape index (κ3) is 4.99. The van der Waals surface area contributed by atoms with Crippen molar-refractivity contribution < 1.29 is 0 Å². The van der Waals surface area contributed by atoms with Crippen molar-refractivity contribution in [1.82, 2.24) is 0 Å². The van der Waals surface area contributed by atoms with Crippen LogP contribution in [0.2, 0.25) is 0 Å². The van der Waals surface area contributed by atoms with Crippen LogP contribution in [0.3, 0.4) is 0 Å². The number of hydrogen-bond acceptors (Lipinski definition) is 0. The molecule has 258 valence electrons. The van der Waals surface area contributed by atoms with E-state index in [0.29, 0.717) is 0 Å². The van der Waals surface area contributed by atoms with Crippen LogP contribution in [-0.4, -0.2) is 0 Å². The predicted octanol–water partition coefficient (Wildman–Crippen LogP) is 15.3. The molecule has 0 bridgehead atoms. The Morgan fingerprint density at radius 3 is 1.42 bits per heavy atom. The monoisotopic (exact) mass is 698 g/mol. The highest BCUT2D eigenvalue weighted by Crippen LogP contribution is 2.51. The van der Waals surface area contributed by atoms with E-state index in [1.807, 2.05) is 0 Å². The Morgan fingerprint density at radius 1 is 0.273 bits per heavy atom. The Kier molecular flexibility index (Phi) is 7.00. The first-order chi connectivity index (χ1) is 27.0. The van der Waals surface area contributed by atoms with Crippen molar-refractivity contribution >= 4 is 43.1 Å². The third-order valence-electron chi connectivity index (χ3n) is 12.2. The van der Waals surface area contributed by atoms with Gasteiger partial charge >= 0.3 is 0 Å². The Hall–Kier alpha value is -6.76. The van der Waals surface area contributed by atoms with Crippen molar-refractivity contribution in [3.63, 3.8) is 0 Å². The molecule has 0 amide bonds. The molecule has 0 saturated carbocycles. The summed E-state index contributed by atoms with van der Waals surface area (Å²) in [5, 5.41) is 10.1. The first-order valence-corrected chi connectivity index (χ1v) is 19.3. The van der Waals surface area contributed by atoms with Crippen LogP contribution < -0.4 is 0 Å². The van der Waals surface area contributed by atoms with E-state index in [9.17, 15) is 0 Å². The zero-order valence-corrected chi connectivity index (χ0v) is 31.0. The second-order valence-corrected chi connectivity index (χ2v) is 15.7. The lowest BCUT2D eigenvalue weighted by Gasteiger charge is -2.23. The summed E-state index contributed by atoms with van der Waals surface area (Å²) in [7, 11) is 0. The molecule has 0 N–H and O–H groups in total. The van der Waals surface area contributed by atoms with Crippen molar-refractivity contribution in [2.75, 3.05) is 0 Å². The number of fused-ring (bicyclic) bond motifs is 7. The van der Waals surface area contributed by atoms with Gasteiger partial charge in [-0.05, 0) is 134 Å². The molecule has 11 rings (SSSR count). The largest absolute Gasteiger partial charge is 0.0619 e. The standard InChI is InChI=1S/C55H38/c1-55(2)51-18-10-9-15-45(51)46-29-28-44(34-52(46)55)54-48-17-8-7-16-47(48)53(38-23-19-37(20-24-38)41-25-21-35-11-3-5-13-39(35)31-41)50-33-43(27-30-49(50)54)42-26-22-36-12-4-6-14-40(36)32-42/h3-34H,1-2H3. The summed E-state index contributed by atoms with van der Waals surface area (Å²) < 4.78 is 0. The lowest BCUT2D eigenvalue weighted by Crippen LogP contribution is -2.14. The van der Waals surface area contributed by atoms with Crippen molar-refractivity contribution in [1.29, 1.82) is 0 Å². The number of benzene rings is 10. The van der Waals surface area contributed by atoms with Gasteiger partial charge in [0.1, 0.15) is 0 Å². The molecule has 55 heavy (non-hydrogen) atoms. The lowest BCUT2D eigenvalue weighted by molar-refractivity contribution is 0.660. The quantitative estimate of drug-likeness (QED) is 0.161. The van der Waals surface area contributed by atoms with Gasteiger partial charge in [-0.15, -0.1) is 0 Å². The molecule has 0 nitrogen and oxygen atoms in total. The molecule has 0 aromatic heterocycles.